The maximum atomic E-state index is 10.5. The third-order valence-electron chi connectivity index (χ3n) is 2.11. The van der Waals surface area contributed by atoms with Crippen molar-refractivity contribution in [2.75, 3.05) is 12.3 Å². The lowest BCUT2D eigenvalue weighted by atomic mass is 10.1. The minimum Gasteiger partial charge on any atom is -0.328 e. The number of rotatable bonds is 5. The Morgan fingerprint density at radius 2 is 1.62 bits per heavy atom. The predicted octanol–water partition coefficient (Wildman–Crippen LogP) is 1.71. The zero-order valence-electron chi connectivity index (χ0n) is 12.5. The van der Waals surface area contributed by atoms with Crippen LogP contribution in [0.5, 0.6) is 0 Å². The molecule has 6 nitrogen and oxygen atoms in total. The first-order valence-electron chi connectivity index (χ1n) is 6.38. The molecule has 0 fully saturated rings. The second-order valence-electron chi connectivity index (χ2n) is 4.62. The van der Waals surface area contributed by atoms with Gasteiger partial charge in [-0.1, -0.05) is 44.2 Å². The summed E-state index contributed by atoms with van der Waals surface area (Å²) in [6, 6.07) is 10.1. The van der Waals surface area contributed by atoms with Crippen LogP contribution in [0.25, 0.3) is 0 Å². The van der Waals surface area contributed by atoms with Gasteiger partial charge in [-0.15, -0.1) is 0 Å². The number of hydrogen-bond acceptors (Lipinski definition) is 5. The molecule has 0 saturated carbocycles. The van der Waals surface area contributed by atoms with Crippen LogP contribution in [0, 0.1) is 0 Å². The normalized spacial score (nSPS) is 11.8. The third kappa shape index (κ3) is 17.2. The van der Waals surface area contributed by atoms with Crippen molar-refractivity contribution >= 4 is 22.0 Å². The lowest BCUT2D eigenvalue weighted by Crippen LogP contribution is -2.25. The van der Waals surface area contributed by atoms with Crippen LogP contribution in [0.15, 0.2) is 30.3 Å². The van der Waals surface area contributed by atoms with Crippen LogP contribution in [-0.4, -0.2) is 36.0 Å². The zero-order valence-corrected chi connectivity index (χ0v) is 14.1. The van der Waals surface area contributed by atoms with E-state index < -0.39 is 10.1 Å². The van der Waals surface area contributed by atoms with Crippen LogP contribution in [0.3, 0.4) is 0 Å². The van der Waals surface area contributed by atoms with Crippen molar-refractivity contribution in [2.45, 2.75) is 32.9 Å². The maximum absolute atomic E-state index is 10.5. The van der Waals surface area contributed by atoms with Crippen molar-refractivity contribution in [1.82, 2.24) is 5.32 Å². The molecule has 0 heterocycles. The molecule has 1 unspecified atom stereocenters. The molecule has 21 heavy (non-hydrogen) atoms. The lowest BCUT2D eigenvalue weighted by Gasteiger charge is -2.13. The van der Waals surface area contributed by atoms with Gasteiger partial charge in [0.15, 0.2) is 0 Å². The van der Waals surface area contributed by atoms with Crippen molar-refractivity contribution in [2.24, 2.45) is 5.73 Å². The molecule has 0 aromatic heterocycles. The second-order valence-corrected chi connectivity index (χ2v) is 6.19. The third-order valence-corrected chi connectivity index (χ3v) is 2.83. The van der Waals surface area contributed by atoms with Crippen LogP contribution >= 0.6 is 11.9 Å². The highest BCUT2D eigenvalue weighted by atomic mass is 35.5. The Balaban J connectivity index is 0. The Hall–Kier alpha value is -0.700. The number of benzene rings is 1. The highest BCUT2D eigenvalue weighted by molar-refractivity contribution is 7.85. The first-order valence-corrected chi connectivity index (χ1v) is 8.33. The van der Waals surface area contributed by atoms with E-state index in [0.717, 1.165) is 5.56 Å². The highest BCUT2D eigenvalue weighted by Gasteiger charge is 2.07. The number of nitrogens with two attached hydrogens (primary N) is 1. The molecule has 1 rings (SSSR count). The molecule has 1 aromatic carbocycles. The van der Waals surface area contributed by atoms with Gasteiger partial charge in [0.2, 0.25) is 0 Å². The van der Waals surface area contributed by atoms with Gasteiger partial charge < -0.3 is 11.1 Å². The Bertz CT molecular complexity index is 438. The first kappa shape index (κ1) is 22.6. The molecule has 5 N–H and O–H groups in total. The summed E-state index contributed by atoms with van der Waals surface area (Å²) in [6.07, 6.45) is 0. The van der Waals surface area contributed by atoms with Crippen molar-refractivity contribution in [3.63, 3.8) is 0 Å². The van der Waals surface area contributed by atoms with Crippen molar-refractivity contribution in [1.29, 1.82) is 0 Å². The van der Waals surface area contributed by atoms with Gasteiger partial charge in [-0.05, 0) is 18.5 Å². The number of hydrogen-bond donors (Lipinski definition) is 4. The smallest absolute Gasteiger partial charge is 0.266 e. The second kappa shape index (κ2) is 13.0. The van der Waals surface area contributed by atoms with Crippen molar-refractivity contribution in [3.05, 3.63) is 35.9 Å². The summed E-state index contributed by atoms with van der Waals surface area (Å²) < 4.78 is 35.9. The SMILES string of the molecule is CC(C)N.CC(NCCS(=O)(=O)O)c1ccccc1.OCl. The average Bonchev–Trinajstić information content (AvgIpc) is 2.40. The highest BCUT2D eigenvalue weighted by Crippen LogP contribution is 2.10. The molecule has 0 radical (unpaired) electrons. The molecule has 0 bridgehead atoms. The van der Waals surface area contributed by atoms with Gasteiger partial charge in [0.1, 0.15) is 0 Å². The van der Waals surface area contributed by atoms with E-state index in [-0.39, 0.29) is 18.3 Å². The van der Waals surface area contributed by atoms with E-state index in [4.69, 9.17) is 14.9 Å². The van der Waals surface area contributed by atoms with Crippen molar-refractivity contribution < 1.29 is 17.6 Å². The summed E-state index contributed by atoms with van der Waals surface area (Å²) in [5.74, 6) is -0.260. The summed E-state index contributed by atoms with van der Waals surface area (Å²) in [6.45, 7) is 6.08. The molecular formula is C13H25ClN2O4S. The lowest BCUT2D eigenvalue weighted by molar-refractivity contribution is 0.477. The maximum Gasteiger partial charge on any atom is 0.266 e. The first-order chi connectivity index (χ1) is 9.72. The van der Waals surface area contributed by atoms with Crippen LogP contribution in [0.1, 0.15) is 32.4 Å². The van der Waals surface area contributed by atoms with Crippen molar-refractivity contribution in [3.8, 4) is 0 Å². The fourth-order valence-electron chi connectivity index (χ4n) is 1.26. The molecule has 0 saturated heterocycles. The summed E-state index contributed by atoms with van der Waals surface area (Å²) in [7, 11) is -3.86. The van der Waals surface area contributed by atoms with Gasteiger partial charge in [0, 0.05) is 12.6 Å². The van der Waals surface area contributed by atoms with Crippen LogP contribution < -0.4 is 11.1 Å². The Morgan fingerprint density at radius 1 is 1.19 bits per heavy atom. The van der Waals surface area contributed by atoms with Gasteiger partial charge >= 0.3 is 0 Å². The van der Waals surface area contributed by atoms with E-state index >= 15 is 0 Å². The minimum atomic E-state index is -3.86. The van der Waals surface area contributed by atoms with E-state index in [9.17, 15) is 8.42 Å². The zero-order chi connectivity index (χ0) is 16.9. The minimum absolute atomic E-state index is 0.0768. The molecular weight excluding hydrogens is 316 g/mol. The summed E-state index contributed by atoms with van der Waals surface area (Å²) in [5.41, 5.74) is 6.20. The molecule has 1 atom stereocenters. The molecule has 1 aromatic rings. The van der Waals surface area contributed by atoms with Crippen LogP contribution in [-0.2, 0) is 10.1 Å². The van der Waals surface area contributed by atoms with E-state index in [2.05, 4.69) is 17.2 Å². The van der Waals surface area contributed by atoms with Gasteiger partial charge in [-0.2, -0.15) is 8.42 Å². The van der Waals surface area contributed by atoms with E-state index in [1.54, 1.807) is 0 Å². The van der Waals surface area contributed by atoms with Crippen LogP contribution in [0.4, 0.5) is 0 Å². The fraction of sp³-hybridized carbons (Fsp3) is 0.538. The largest absolute Gasteiger partial charge is 0.328 e. The quantitative estimate of drug-likeness (QED) is 0.607. The Morgan fingerprint density at radius 3 is 2.00 bits per heavy atom. The van der Waals surface area contributed by atoms with E-state index in [1.807, 2.05) is 51.1 Å². The van der Waals surface area contributed by atoms with Gasteiger partial charge in [0.25, 0.3) is 10.1 Å². The van der Waals surface area contributed by atoms with Gasteiger partial charge in [-0.3, -0.25) is 9.21 Å². The topological polar surface area (TPSA) is 113 Å². The molecule has 0 aliphatic heterocycles. The molecule has 0 spiro atoms. The number of halogens is 1. The van der Waals surface area contributed by atoms with Gasteiger partial charge in [-0.25, -0.2) is 0 Å². The Kier molecular flexibility index (Phi) is 14.0. The predicted molar refractivity (Wildman–Crippen MR) is 86.7 cm³/mol. The molecule has 0 amide bonds. The Labute approximate surface area is 132 Å². The molecule has 124 valence electrons. The summed E-state index contributed by atoms with van der Waals surface area (Å²) in [4.78, 5) is 0. The molecule has 0 aliphatic carbocycles. The monoisotopic (exact) mass is 340 g/mol. The molecule has 0 aliphatic rings. The van der Waals surface area contributed by atoms with E-state index in [0.29, 0.717) is 6.04 Å². The standard InChI is InChI=1S/C10H15NO3S.C3H9N.ClHO/c1-9(10-5-3-2-4-6-10)11-7-8-15(12,13)14;1-3(2)4;1-2/h2-6,9,11H,7-8H2,1H3,(H,12,13,14);3H,4H2,1-2H3;2H. The number of nitrogens with one attached hydrogen (secondary N) is 1. The van der Waals surface area contributed by atoms with E-state index in [1.165, 1.54) is 0 Å². The average molecular weight is 341 g/mol. The van der Waals surface area contributed by atoms with Gasteiger partial charge in [0.05, 0.1) is 17.6 Å². The van der Waals surface area contributed by atoms with Crippen LogP contribution in [0.2, 0.25) is 0 Å². The molecule has 8 heteroatoms. The summed E-state index contributed by atoms with van der Waals surface area (Å²) >= 11 is 3.64. The summed E-state index contributed by atoms with van der Waals surface area (Å²) in [5, 5.41) is 3.02. The fourth-order valence-corrected chi connectivity index (χ4v) is 1.64.